The zero-order valence-electron chi connectivity index (χ0n) is 8.03. The Labute approximate surface area is 82.2 Å². The van der Waals surface area contributed by atoms with Crippen molar-refractivity contribution in [3.8, 4) is 0 Å². The summed E-state index contributed by atoms with van der Waals surface area (Å²) in [6, 6.07) is 2.47. The smallest absolute Gasteiger partial charge is 0.146 e. The Balaban J connectivity index is 2.73. The highest BCUT2D eigenvalue weighted by Gasteiger charge is 2.15. The Morgan fingerprint density at radius 3 is 3.07 bits per heavy atom. The number of nitrogens with one attached hydrogen (secondary N) is 1. The van der Waals surface area contributed by atoms with Gasteiger partial charge in [-0.15, -0.1) is 0 Å². The van der Waals surface area contributed by atoms with Crippen LogP contribution in [0.15, 0.2) is 18.3 Å². The van der Waals surface area contributed by atoms with Crippen LogP contribution in [-0.2, 0) is 4.74 Å². The third kappa shape index (κ3) is 2.73. The molecule has 4 nitrogen and oxygen atoms in total. The van der Waals surface area contributed by atoms with Gasteiger partial charge >= 0.3 is 0 Å². The first kappa shape index (κ1) is 11.0. The zero-order chi connectivity index (χ0) is 10.4. The highest BCUT2D eigenvalue weighted by Crippen LogP contribution is 2.13. The molecule has 1 unspecified atom stereocenters. The predicted molar refractivity (Wildman–Crippen MR) is 50.8 cm³/mol. The van der Waals surface area contributed by atoms with Crippen molar-refractivity contribution in [2.24, 2.45) is 5.84 Å². The van der Waals surface area contributed by atoms with Crippen molar-refractivity contribution < 1.29 is 9.13 Å². The Kier molecular flexibility index (Phi) is 4.45. The number of hydrogen-bond acceptors (Lipinski definition) is 4. The fraction of sp³-hybridized carbons (Fsp3) is 0.444. The summed E-state index contributed by atoms with van der Waals surface area (Å²) in [6.07, 6.45) is 1.52. The van der Waals surface area contributed by atoms with E-state index in [1.807, 2.05) is 6.92 Å². The maximum absolute atomic E-state index is 13.2. The van der Waals surface area contributed by atoms with Gasteiger partial charge in [-0.2, -0.15) is 0 Å². The molecule has 5 heteroatoms. The maximum Gasteiger partial charge on any atom is 0.146 e. The van der Waals surface area contributed by atoms with Crippen molar-refractivity contribution >= 4 is 0 Å². The van der Waals surface area contributed by atoms with Crippen molar-refractivity contribution in [3.63, 3.8) is 0 Å². The summed E-state index contributed by atoms with van der Waals surface area (Å²) in [4.78, 5) is 3.90. The summed E-state index contributed by atoms with van der Waals surface area (Å²) in [6.45, 7) is 2.73. The molecular formula is C9H14FN3O. The second-order valence-electron chi connectivity index (χ2n) is 2.75. The van der Waals surface area contributed by atoms with Gasteiger partial charge in [-0.3, -0.25) is 10.8 Å². The van der Waals surface area contributed by atoms with Crippen LogP contribution in [0.1, 0.15) is 18.7 Å². The molecule has 1 rings (SSSR count). The molecule has 78 valence electrons. The number of halogens is 1. The molecule has 0 aromatic carbocycles. The minimum Gasteiger partial charge on any atom is -0.380 e. The van der Waals surface area contributed by atoms with Crippen LogP contribution >= 0.6 is 0 Å². The van der Waals surface area contributed by atoms with E-state index in [9.17, 15) is 4.39 Å². The van der Waals surface area contributed by atoms with E-state index in [4.69, 9.17) is 10.6 Å². The largest absolute Gasteiger partial charge is 0.380 e. The molecule has 1 heterocycles. The van der Waals surface area contributed by atoms with Crippen LogP contribution in [0.2, 0.25) is 0 Å². The lowest BCUT2D eigenvalue weighted by molar-refractivity contribution is 0.120. The van der Waals surface area contributed by atoms with Gasteiger partial charge in [0.2, 0.25) is 0 Å². The van der Waals surface area contributed by atoms with Gasteiger partial charge < -0.3 is 4.74 Å². The predicted octanol–water partition coefficient (Wildman–Crippen LogP) is 0.762. The molecule has 1 aromatic rings. The SMILES string of the molecule is CCOCC(NN)c1ncccc1F. The standard InChI is InChI=1S/C9H14FN3O/c1-2-14-6-8(13-11)9-7(10)4-3-5-12-9/h3-5,8,13H,2,6,11H2,1H3. The van der Waals surface area contributed by atoms with Crippen LogP contribution in [0, 0.1) is 5.82 Å². The van der Waals surface area contributed by atoms with E-state index in [0.29, 0.717) is 13.2 Å². The molecule has 0 saturated carbocycles. The molecule has 3 N–H and O–H groups in total. The first-order valence-electron chi connectivity index (χ1n) is 4.43. The van der Waals surface area contributed by atoms with Gasteiger partial charge in [0, 0.05) is 12.8 Å². The Hall–Kier alpha value is -1.04. The normalized spacial score (nSPS) is 12.8. The monoisotopic (exact) mass is 199 g/mol. The summed E-state index contributed by atoms with van der Waals surface area (Å²) >= 11 is 0. The minimum atomic E-state index is -0.406. The lowest BCUT2D eigenvalue weighted by Crippen LogP contribution is -2.32. The first-order chi connectivity index (χ1) is 6.79. The van der Waals surface area contributed by atoms with Gasteiger partial charge in [-0.05, 0) is 19.1 Å². The van der Waals surface area contributed by atoms with Crippen molar-refractivity contribution in [3.05, 3.63) is 29.8 Å². The quantitative estimate of drug-likeness (QED) is 0.543. The van der Waals surface area contributed by atoms with E-state index >= 15 is 0 Å². The van der Waals surface area contributed by atoms with E-state index in [2.05, 4.69) is 10.4 Å². The molecule has 0 fully saturated rings. The number of aromatic nitrogens is 1. The minimum absolute atomic E-state index is 0.281. The molecule has 14 heavy (non-hydrogen) atoms. The van der Waals surface area contributed by atoms with Crippen molar-refractivity contribution in [2.75, 3.05) is 13.2 Å². The number of nitrogens with two attached hydrogens (primary N) is 1. The molecular weight excluding hydrogens is 185 g/mol. The van der Waals surface area contributed by atoms with E-state index in [1.54, 1.807) is 0 Å². The van der Waals surface area contributed by atoms with Crippen LogP contribution < -0.4 is 11.3 Å². The molecule has 1 aromatic heterocycles. The lowest BCUT2D eigenvalue weighted by Gasteiger charge is -2.15. The fourth-order valence-electron chi connectivity index (χ4n) is 1.10. The molecule has 0 aliphatic heterocycles. The summed E-state index contributed by atoms with van der Waals surface area (Å²) in [5.41, 5.74) is 2.75. The second-order valence-corrected chi connectivity index (χ2v) is 2.75. The summed E-state index contributed by atoms with van der Waals surface area (Å²) in [5, 5.41) is 0. The fourth-order valence-corrected chi connectivity index (χ4v) is 1.10. The van der Waals surface area contributed by atoms with Crippen LogP contribution in [0.25, 0.3) is 0 Å². The van der Waals surface area contributed by atoms with Crippen molar-refractivity contribution in [1.82, 2.24) is 10.4 Å². The molecule has 0 amide bonds. The third-order valence-electron chi connectivity index (χ3n) is 1.81. The number of hydrazine groups is 1. The number of hydrogen-bond donors (Lipinski definition) is 2. The topological polar surface area (TPSA) is 60.2 Å². The molecule has 1 atom stereocenters. The number of nitrogens with zero attached hydrogens (tertiary/aromatic N) is 1. The highest BCUT2D eigenvalue weighted by atomic mass is 19.1. The molecule has 0 bridgehead atoms. The van der Waals surface area contributed by atoms with Crippen molar-refractivity contribution in [2.45, 2.75) is 13.0 Å². The van der Waals surface area contributed by atoms with Gasteiger partial charge in [0.25, 0.3) is 0 Å². The molecule has 0 spiro atoms. The van der Waals surface area contributed by atoms with Gasteiger partial charge in [-0.1, -0.05) is 0 Å². The van der Waals surface area contributed by atoms with E-state index in [0.717, 1.165) is 0 Å². The average molecular weight is 199 g/mol. The van der Waals surface area contributed by atoms with Crippen LogP contribution in [0.3, 0.4) is 0 Å². The van der Waals surface area contributed by atoms with E-state index < -0.39 is 6.04 Å². The molecule has 0 aliphatic rings. The van der Waals surface area contributed by atoms with Gasteiger partial charge in [0.05, 0.1) is 18.3 Å². The summed E-state index contributed by atoms with van der Waals surface area (Å²) < 4.78 is 18.4. The molecule has 0 saturated heterocycles. The number of ether oxygens (including phenoxy) is 1. The van der Waals surface area contributed by atoms with Gasteiger partial charge in [0.1, 0.15) is 5.82 Å². The van der Waals surface area contributed by atoms with Gasteiger partial charge in [-0.25, -0.2) is 9.82 Å². The van der Waals surface area contributed by atoms with Crippen molar-refractivity contribution in [1.29, 1.82) is 0 Å². The maximum atomic E-state index is 13.2. The van der Waals surface area contributed by atoms with E-state index in [-0.39, 0.29) is 11.5 Å². The third-order valence-corrected chi connectivity index (χ3v) is 1.81. The van der Waals surface area contributed by atoms with E-state index in [1.165, 1.54) is 18.3 Å². The molecule has 0 radical (unpaired) electrons. The van der Waals surface area contributed by atoms with Crippen LogP contribution in [0.4, 0.5) is 4.39 Å². The van der Waals surface area contributed by atoms with Crippen LogP contribution in [-0.4, -0.2) is 18.2 Å². The van der Waals surface area contributed by atoms with Gasteiger partial charge in [0.15, 0.2) is 0 Å². The summed E-state index contributed by atoms with van der Waals surface area (Å²) in [7, 11) is 0. The molecule has 0 aliphatic carbocycles. The van der Waals surface area contributed by atoms with Crippen LogP contribution in [0.5, 0.6) is 0 Å². The number of rotatable bonds is 5. The first-order valence-corrected chi connectivity index (χ1v) is 4.43. The Bertz CT molecular complexity index is 283. The second kappa shape index (κ2) is 5.64. The Morgan fingerprint density at radius 1 is 1.71 bits per heavy atom. The zero-order valence-corrected chi connectivity index (χ0v) is 8.03. The highest BCUT2D eigenvalue weighted by molar-refractivity contribution is 5.11. The Morgan fingerprint density at radius 2 is 2.50 bits per heavy atom. The summed E-state index contributed by atoms with van der Waals surface area (Å²) in [5.74, 6) is 4.90. The lowest BCUT2D eigenvalue weighted by atomic mass is 10.2. The average Bonchev–Trinajstić information content (AvgIpc) is 2.21. The number of pyridine rings is 1.